The number of amides is 1. The molecule has 0 spiro atoms. The zero-order valence-electron chi connectivity index (χ0n) is 17.3. The number of fused-ring (bicyclic) bond motifs is 1. The van der Waals surface area contributed by atoms with Gasteiger partial charge in [0.05, 0.1) is 17.3 Å². The van der Waals surface area contributed by atoms with Gasteiger partial charge in [-0.05, 0) is 42.8 Å². The number of anilines is 2. The molecule has 0 radical (unpaired) electrons. The summed E-state index contributed by atoms with van der Waals surface area (Å²) in [7, 11) is 1.28. The van der Waals surface area contributed by atoms with E-state index in [9.17, 15) is 14.7 Å². The summed E-state index contributed by atoms with van der Waals surface area (Å²) in [6.45, 7) is 1.57. The number of hydrogen-bond donors (Lipinski definition) is 3. The number of phenolic OH excluding ortho intramolecular Hbond substituents is 1. The van der Waals surface area contributed by atoms with Gasteiger partial charge in [-0.3, -0.25) is 4.79 Å². The highest BCUT2D eigenvalue weighted by Crippen LogP contribution is 2.37. The van der Waals surface area contributed by atoms with Gasteiger partial charge in [-0.2, -0.15) is 0 Å². The first-order valence-electron chi connectivity index (χ1n) is 9.74. The topological polar surface area (TPSA) is 113 Å². The van der Waals surface area contributed by atoms with Crippen molar-refractivity contribution < 1.29 is 19.4 Å². The summed E-state index contributed by atoms with van der Waals surface area (Å²) in [6, 6.07) is 15.1. The Morgan fingerprint density at radius 3 is 2.69 bits per heavy atom. The average molecular weight is 449 g/mol. The van der Waals surface area contributed by atoms with Crippen LogP contribution in [0.15, 0.2) is 60.9 Å². The number of nitrogens with zero attached hydrogens (tertiary/aromatic N) is 2. The molecule has 4 rings (SSSR count). The average Bonchev–Trinajstić information content (AvgIpc) is 3.24. The summed E-state index contributed by atoms with van der Waals surface area (Å²) >= 11 is 1.49. The van der Waals surface area contributed by atoms with Gasteiger partial charge >= 0.3 is 5.97 Å². The van der Waals surface area contributed by atoms with Crippen LogP contribution in [-0.4, -0.2) is 40.1 Å². The maximum absolute atomic E-state index is 12.5. The number of thiophene rings is 1. The van der Waals surface area contributed by atoms with E-state index in [1.54, 1.807) is 43.3 Å². The highest BCUT2D eigenvalue weighted by Gasteiger charge is 2.18. The zero-order chi connectivity index (χ0) is 22.7. The van der Waals surface area contributed by atoms with Crippen LogP contribution in [0, 0.1) is 0 Å². The molecule has 0 aliphatic rings. The Morgan fingerprint density at radius 2 is 1.91 bits per heavy atom. The van der Waals surface area contributed by atoms with E-state index in [2.05, 4.69) is 25.3 Å². The number of hydrogen-bond acceptors (Lipinski definition) is 8. The van der Waals surface area contributed by atoms with Gasteiger partial charge in [0.15, 0.2) is 5.82 Å². The van der Waals surface area contributed by atoms with E-state index in [-0.39, 0.29) is 11.7 Å². The fraction of sp³-hybridized carbons (Fsp3) is 0.130. The Hall–Kier alpha value is -3.98. The fourth-order valence-electron chi connectivity index (χ4n) is 3.14. The van der Waals surface area contributed by atoms with Gasteiger partial charge in [0, 0.05) is 22.2 Å². The first kappa shape index (κ1) is 21.3. The van der Waals surface area contributed by atoms with E-state index < -0.39 is 12.0 Å². The number of methoxy groups -OCH3 is 1. The van der Waals surface area contributed by atoms with Crippen LogP contribution in [0.5, 0.6) is 5.75 Å². The number of esters is 1. The number of carbonyl (C=O) groups is 2. The van der Waals surface area contributed by atoms with Gasteiger partial charge in [0.2, 0.25) is 0 Å². The Kier molecular flexibility index (Phi) is 6.00. The second kappa shape index (κ2) is 9.03. The Labute approximate surface area is 187 Å². The quantitative estimate of drug-likeness (QED) is 0.381. The number of rotatable bonds is 6. The maximum Gasteiger partial charge on any atom is 0.328 e. The van der Waals surface area contributed by atoms with Gasteiger partial charge < -0.3 is 20.5 Å². The monoisotopic (exact) mass is 448 g/mol. The largest absolute Gasteiger partial charge is 0.508 e. The predicted molar refractivity (Wildman–Crippen MR) is 123 cm³/mol. The minimum Gasteiger partial charge on any atom is -0.508 e. The van der Waals surface area contributed by atoms with Gasteiger partial charge in [0.1, 0.15) is 18.1 Å². The molecule has 32 heavy (non-hydrogen) atoms. The minimum atomic E-state index is -0.748. The summed E-state index contributed by atoms with van der Waals surface area (Å²) in [5.74, 6) is -0.0947. The van der Waals surface area contributed by atoms with Crippen molar-refractivity contribution in [1.29, 1.82) is 0 Å². The molecule has 0 aliphatic carbocycles. The van der Waals surface area contributed by atoms with E-state index in [1.165, 1.54) is 24.8 Å². The van der Waals surface area contributed by atoms with Crippen molar-refractivity contribution in [2.24, 2.45) is 0 Å². The van der Waals surface area contributed by atoms with E-state index in [1.807, 2.05) is 18.2 Å². The molecule has 8 nitrogen and oxygen atoms in total. The van der Waals surface area contributed by atoms with Crippen LogP contribution in [0.4, 0.5) is 11.5 Å². The first-order chi connectivity index (χ1) is 15.4. The van der Waals surface area contributed by atoms with E-state index >= 15 is 0 Å². The molecule has 2 aromatic carbocycles. The van der Waals surface area contributed by atoms with E-state index in [0.717, 1.165) is 20.7 Å². The Bertz CT molecular complexity index is 1300. The van der Waals surface area contributed by atoms with Crippen LogP contribution >= 0.6 is 11.3 Å². The third kappa shape index (κ3) is 4.52. The third-order valence-electron chi connectivity index (χ3n) is 4.73. The molecule has 1 unspecified atom stereocenters. The van der Waals surface area contributed by atoms with Gasteiger partial charge in [-0.25, -0.2) is 14.8 Å². The molecule has 0 aliphatic heterocycles. The summed E-state index contributed by atoms with van der Waals surface area (Å²) in [5.41, 5.74) is 2.74. The molecule has 2 aromatic heterocycles. The summed E-state index contributed by atoms with van der Waals surface area (Å²) in [4.78, 5) is 33.7. The number of aromatic nitrogens is 2. The van der Waals surface area contributed by atoms with Crippen LogP contribution in [-0.2, 0) is 9.53 Å². The minimum absolute atomic E-state index is 0.156. The molecule has 0 saturated heterocycles. The van der Waals surface area contributed by atoms with Gasteiger partial charge in [0.25, 0.3) is 5.91 Å². The number of nitrogens with one attached hydrogen (secondary N) is 2. The lowest BCUT2D eigenvalue weighted by Gasteiger charge is -2.11. The second-order valence-electron chi connectivity index (χ2n) is 7.02. The molecular formula is C23H20N4O4S. The van der Waals surface area contributed by atoms with Crippen LogP contribution in [0.3, 0.4) is 0 Å². The fourth-order valence-corrected chi connectivity index (χ4v) is 4.19. The van der Waals surface area contributed by atoms with Crippen molar-refractivity contribution in [3.63, 3.8) is 0 Å². The van der Waals surface area contributed by atoms with Crippen molar-refractivity contribution >= 4 is 44.9 Å². The SMILES string of the molecule is COC(=O)C(C)NC(=O)c1cccc(-c2cc3ncnc(Nc4cccc(O)c4)c3s2)c1. The smallest absolute Gasteiger partial charge is 0.328 e. The molecular weight excluding hydrogens is 428 g/mol. The highest BCUT2D eigenvalue weighted by molar-refractivity contribution is 7.22. The van der Waals surface area contributed by atoms with Crippen molar-refractivity contribution in [2.45, 2.75) is 13.0 Å². The summed E-state index contributed by atoms with van der Waals surface area (Å²) < 4.78 is 5.50. The Morgan fingerprint density at radius 1 is 1.09 bits per heavy atom. The lowest BCUT2D eigenvalue weighted by molar-refractivity contribution is -0.142. The van der Waals surface area contributed by atoms with Crippen molar-refractivity contribution in [3.8, 4) is 16.2 Å². The predicted octanol–water partition coefficient (Wildman–Crippen LogP) is 4.10. The molecule has 0 bridgehead atoms. The van der Waals surface area contributed by atoms with Crippen LogP contribution in [0.1, 0.15) is 17.3 Å². The standard InChI is InChI=1S/C23H20N4O4S/c1-13(23(30)31-2)26-22(29)15-6-3-5-14(9-15)19-11-18-20(32-19)21(25-12-24-18)27-16-7-4-8-17(28)10-16/h3-13,28H,1-2H3,(H,26,29)(H,24,25,27). The number of phenols is 1. The number of carbonyl (C=O) groups excluding carboxylic acids is 2. The molecule has 162 valence electrons. The summed E-state index contributed by atoms with van der Waals surface area (Å²) in [5, 5.41) is 15.5. The van der Waals surface area contributed by atoms with Crippen LogP contribution in [0.25, 0.3) is 20.7 Å². The lowest BCUT2D eigenvalue weighted by atomic mass is 10.1. The summed E-state index contributed by atoms with van der Waals surface area (Å²) in [6.07, 6.45) is 1.47. The van der Waals surface area contributed by atoms with E-state index in [0.29, 0.717) is 17.1 Å². The maximum atomic E-state index is 12.5. The van der Waals surface area contributed by atoms with Crippen LogP contribution < -0.4 is 10.6 Å². The molecule has 1 amide bonds. The number of ether oxygens (including phenoxy) is 1. The molecule has 0 fully saturated rings. The third-order valence-corrected chi connectivity index (χ3v) is 5.91. The number of aromatic hydroxyl groups is 1. The molecule has 0 saturated carbocycles. The van der Waals surface area contributed by atoms with Gasteiger partial charge in [-0.1, -0.05) is 18.2 Å². The number of benzene rings is 2. The van der Waals surface area contributed by atoms with Gasteiger partial charge in [-0.15, -0.1) is 11.3 Å². The van der Waals surface area contributed by atoms with Crippen LogP contribution in [0.2, 0.25) is 0 Å². The highest BCUT2D eigenvalue weighted by atomic mass is 32.1. The molecule has 3 N–H and O–H groups in total. The second-order valence-corrected chi connectivity index (χ2v) is 8.07. The Balaban J connectivity index is 1.62. The van der Waals surface area contributed by atoms with E-state index in [4.69, 9.17) is 0 Å². The normalized spacial score (nSPS) is 11.7. The lowest BCUT2D eigenvalue weighted by Crippen LogP contribution is -2.39. The first-order valence-corrected chi connectivity index (χ1v) is 10.6. The molecule has 9 heteroatoms. The van der Waals surface area contributed by atoms with Crippen molar-refractivity contribution in [2.75, 3.05) is 12.4 Å². The molecule has 2 heterocycles. The zero-order valence-corrected chi connectivity index (χ0v) is 18.1. The molecule has 1 atom stereocenters. The molecule has 4 aromatic rings. The van der Waals surface area contributed by atoms with Crippen molar-refractivity contribution in [1.82, 2.24) is 15.3 Å². The van der Waals surface area contributed by atoms with Crippen molar-refractivity contribution in [3.05, 3.63) is 66.5 Å².